The van der Waals surface area contributed by atoms with Gasteiger partial charge in [0.2, 0.25) is 0 Å². The highest BCUT2D eigenvalue weighted by molar-refractivity contribution is 5.93. The molecule has 2 aliphatic rings. The van der Waals surface area contributed by atoms with Gasteiger partial charge >= 0.3 is 11.9 Å². The van der Waals surface area contributed by atoms with Crippen LogP contribution >= 0.6 is 0 Å². The van der Waals surface area contributed by atoms with Crippen molar-refractivity contribution in [1.82, 2.24) is 0 Å². The average Bonchev–Trinajstić information content (AvgIpc) is 2.24. The highest BCUT2D eigenvalue weighted by Crippen LogP contribution is 2.62. The maximum absolute atomic E-state index is 12.3. The highest BCUT2D eigenvalue weighted by Gasteiger charge is 2.73. The minimum absolute atomic E-state index is 0.232. The molecule has 5 nitrogen and oxygen atoms in total. The van der Waals surface area contributed by atoms with Crippen molar-refractivity contribution in [3.05, 3.63) is 11.6 Å². The van der Waals surface area contributed by atoms with Crippen LogP contribution in [0.1, 0.15) is 27.2 Å². The predicted octanol–water partition coefficient (Wildman–Crippen LogP) is 1.34. The molecule has 0 saturated heterocycles. The largest absolute Gasteiger partial charge is 0.465 e. The number of nitrogens with zero attached hydrogens (tertiary/aromatic N) is 1. The van der Waals surface area contributed by atoms with Gasteiger partial charge in [0, 0.05) is 12.5 Å². The fraction of sp³-hybridized carbons (Fsp3) is 0.615. The molecule has 0 unspecified atom stereocenters. The van der Waals surface area contributed by atoms with Gasteiger partial charge in [0.05, 0.1) is 18.6 Å². The molecule has 2 rings (SSSR count). The monoisotopic (exact) mass is 249 g/mol. The van der Waals surface area contributed by atoms with Crippen LogP contribution in [0.15, 0.2) is 11.6 Å². The summed E-state index contributed by atoms with van der Waals surface area (Å²) in [5, 5.41) is 9.18. The van der Waals surface area contributed by atoms with Gasteiger partial charge in [-0.25, -0.2) is 4.79 Å². The van der Waals surface area contributed by atoms with Crippen molar-refractivity contribution in [2.24, 2.45) is 11.3 Å². The van der Waals surface area contributed by atoms with E-state index < -0.39 is 28.9 Å². The SMILES string of the molecule is CCOC(=O)[C@@]12C(C)=CC(=O)O[C@]1(C)C[C@H]2C#N. The van der Waals surface area contributed by atoms with Crippen LogP contribution in [0.4, 0.5) is 0 Å². The Hall–Kier alpha value is -1.83. The first-order valence-electron chi connectivity index (χ1n) is 5.91. The van der Waals surface area contributed by atoms with E-state index in [9.17, 15) is 14.9 Å². The van der Waals surface area contributed by atoms with E-state index in [1.165, 1.54) is 6.08 Å². The lowest BCUT2D eigenvalue weighted by Gasteiger charge is -2.59. The van der Waals surface area contributed by atoms with Crippen molar-refractivity contribution in [3.8, 4) is 6.07 Å². The van der Waals surface area contributed by atoms with E-state index in [-0.39, 0.29) is 6.61 Å². The number of carbonyl (C=O) groups is 2. The van der Waals surface area contributed by atoms with E-state index in [1.54, 1.807) is 20.8 Å². The topological polar surface area (TPSA) is 76.4 Å². The zero-order valence-electron chi connectivity index (χ0n) is 10.6. The summed E-state index contributed by atoms with van der Waals surface area (Å²) >= 11 is 0. The maximum Gasteiger partial charge on any atom is 0.331 e. The minimum Gasteiger partial charge on any atom is -0.465 e. The molecular weight excluding hydrogens is 234 g/mol. The van der Waals surface area contributed by atoms with E-state index in [4.69, 9.17) is 9.47 Å². The lowest BCUT2D eigenvalue weighted by Crippen LogP contribution is -2.69. The Bertz CT molecular complexity index is 490. The lowest BCUT2D eigenvalue weighted by molar-refractivity contribution is -0.221. The third-order valence-corrected chi connectivity index (χ3v) is 3.99. The maximum atomic E-state index is 12.3. The standard InChI is InChI=1S/C13H15NO4/c1-4-17-11(16)13-8(2)5-10(15)18-12(13,3)6-9(13)7-14/h5,9H,4,6H2,1-3H3/t9-,12+,13-/m0/s1. The van der Waals surface area contributed by atoms with Gasteiger partial charge in [0.15, 0.2) is 0 Å². The van der Waals surface area contributed by atoms with Gasteiger partial charge in [0.1, 0.15) is 11.0 Å². The average molecular weight is 249 g/mol. The molecule has 0 aromatic carbocycles. The van der Waals surface area contributed by atoms with Crippen molar-refractivity contribution < 1.29 is 19.1 Å². The van der Waals surface area contributed by atoms with Crippen LogP contribution in [0.5, 0.6) is 0 Å². The van der Waals surface area contributed by atoms with Crippen LogP contribution in [-0.2, 0) is 19.1 Å². The Morgan fingerprint density at radius 1 is 1.72 bits per heavy atom. The molecule has 0 aromatic rings. The van der Waals surface area contributed by atoms with E-state index >= 15 is 0 Å². The lowest BCUT2D eigenvalue weighted by atomic mass is 9.47. The number of hydrogen-bond donors (Lipinski definition) is 0. The molecule has 0 amide bonds. The fourth-order valence-corrected chi connectivity index (χ4v) is 3.20. The summed E-state index contributed by atoms with van der Waals surface area (Å²) in [7, 11) is 0. The third-order valence-electron chi connectivity index (χ3n) is 3.99. The predicted molar refractivity (Wildman–Crippen MR) is 61.0 cm³/mol. The quantitative estimate of drug-likeness (QED) is 0.690. The molecule has 5 heteroatoms. The van der Waals surface area contributed by atoms with Crippen molar-refractivity contribution in [2.45, 2.75) is 32.8 Å². The van der Waals surface area contributed by atoms with Gasteiger partial charge in [-0.3, -0.25) is 4.79 Å². The number of rotatable bonds is 2. The van der Waals surface area contributed by atoms with Crippen LogP contribution in [0, 0.1) is 22.7 Å². The molecule has 0 spiro atoms. The molecule has 96 valence electrons. The highest BCUT2D eigenvalue weighted by atomic mass is 16.6. The van der Waals surface area contributed by atoms with Crippen molar-refractivity contribution in [2.75, 3.05) is 6.61 Å². The second-order valence-electron chi connectivity index (χ2n) is 4.89. The van der Waals surface area contributed by atoms with Gasteiger partial charge in [-0.2, -0.15) is 5.26 Å². The van der Waals surface area contributed by atoms with Gasteiger partial charge < -0.3 is 9.47 Å². The summed E-state index contributed by atoms with van der Waals surface area (Å²) in [6.07, 6.45) is 1.64. The number of ether oxygens (including phenoxy) is 2. The summed E-state index contributed by atoms with van der Waals surface area (Å²) < 4.78 is 10.4. The first kappa shape index (κ1) is 12.6. The number of fused-ring (bicyclic) bond motifs is 1. The molecule has 1 aliphatic heterocycles. The molecule has 1 fully saturated rings. The number of hydrogen-bond acceptors (Lipinski definition) is 5. The Morgan fingerprint density at radius 3 is 2.89 bits per heavy atom. The summed E-state index contributed by atoms with van der Waals surface area (Å²) in [6.45, 7) is 5.31. The van der Waals surface area contributed by atoms with Crippen LogP contribution < -0.4 is 0 Å². The number of nitriles is 1. The van der Waals surface area contributed by atoms with Gasteiger partial charge in [-0.15, -0.1) is 0 Å². The molecule has 1 aliphatic carbocycles. The second kappa shape index (κ2) is 3.84. The first-order chi connectivity index (χ1) is 8.42. The number of carbonyl (C=O) groups excluding carboxylic acids is 2. The van der Waals surface area contributed by atoms with E-state index in [0.29, 0.717) is 12.0 Å². The molecule has 18 heavy (non-hydrogen) atoms. The van der Waals surface area contributed by atoms with Crippen molar-refractivity contribution in [1.29, 1.82) is 5.26 Å². The Balaban J connectivity index is 2.54. The molecule has 0 aromatic heterocycles. The summed E-state index contributed by atoms with van der Waals surface area (Å²) in [4.78, 5) is 23.7. The first-order valence-corrected chi connectivity index (χ1v) is 5.91. The van der Waals surface area contributed by atoms with E-state index in [2.05, 4.69) is 6.07 Å². The molecule has 1 saturated carbocycles. The van der Waals surface area contributed by atoms with Gasteiger partial charge in [0.25, 0.3) is 0 Å². The fourth-order valence-electron chi connectivity index (χ4n) is 3.20. The van der Waals surface area contributed by atoms with Crippen LogP contribution in [0.25, 0.3) is 0 Å². The number of esters is 2. The zero-order valence-corrected chi connectivity index (χ0v) is 10.6. The van der Waals surface area contributed by atoms with Crippen molar-refractivity contribution in [3.63, 3.8) is 0 Å². The third kappa shape index (κ3) is 1.26. The smallest absolute Gasteiger partial charge is 0.331 e. The normalized spacial score (nSPS) is 37.6. The van der Waals surface area contributed by atoms with Gasteiger partial charge in [-0.05, 0) is 26.3 Å². The van der Waals surface area contributed by atoms with Crippen LogP contribution in [0.2, 0.25) is 0 Å². The van der Waals surface area contributed by atoms with Crippen LogP contribution in [-0.4, -0.2) is 24.1 Å². The summed E-state index contributed by atoms with van der Waals surface area (Å²) in [5.74, 6) is -1.45. The van der Waals surface area contributed by atoms with Crippen LogP contribution in [0.3, 0.4) is 0 Å². The Labute approximate surface area is 105 Å². The van der Waals surface area contributed by atoms with Gasteiger partial charge in [-0.1, -0.05) is 0 Å². The molecular formula is C13H15NO4. The van der Waals surface area contributed by atoms with E-state index in [1.807, 2.05) is 0 Å². The second-order valence-corrected chi connectivity index (χ2v) is 4.89. The Morgan fingerprint density at radius 2 is 2.39 bits per heavy atom. The molecule has 3 atom stereocenters. The molecule has 0 radical (unpaired) electrons. The summed E-state index contributed by atoms with van der Waals surface area (Å²) in [6, 6.07) is 2.12. The zero-order chi connectivity index (χ0) is 13.6. The Kier molecular flexibility index (Phi) is 2.69. The summed E-state index contributed by atoms with van der Waals surface area (Å²) in [5.41, 5.74) is -1.54. The minimum atomic E-state index is -1.13. The molecule has 0 bridgehead atoms. The van der Waals surface area contributed by atoms with E-state index in [0.717, 1.165) is 0 Å². The van der Waals surface area contributed by atoms with Crippen molar-refractivity contribution >= 4 is 11.9 Å². The molecule has 1 heterocycles. The molecule has 0 N–H and O–H groups in total.